The molecule has 3 nitrogen and oxygen atoms in total. The van der Waals surface area contributed by atoms with E-state index in [1.54, 1.807) is 0 Å². The van der Waals surface area contributed by atoms with Crippen LogP contribution in [0.1, 0.15) is 71.1 Å². The van der Waals surface area contributed by atoms with Crippen molar-refractivity contribution < 1.29 is 9.53 Å². The van der Waals surface area contributed by atoms with Gasteiger partial charge in [0.25, 0.3) is 0 Å². The first-order valence-corrected chi connectivity index (χ1v) is 8.98. The van der Waals surface area contributed by atoms with Gasteiger partial charge in [-0.2, -0.15) is 0 Å². The second-order valence-electron chi connectivity index (χ2n) is 6.27. The summed E-state index contributed by atoms with van der Waals surface area (Å²) in [5.74, 6) is -0.160. The molecule has 0 amide bonds. The SMILES string of the molecule is CCCCCCCCCCCCOC(=O)C1=CC=CN(C)C1. The molecule has 0 aromatic rings. The lowest BCUT2D eigenvalue weighted by atomic mass is 10.1. The second kappa shape index (κ2) is 12.3. The van der Waals surface area contributed by atoms with Crippen molar-refractivity contribution in [1.29, 1.82) is 0 Å². The third-order valence-corrected chi connectivity index (χ3v) is 4.05. The predicted molar refractivity (Wildman–Crippen MR) is 92.7 cm³/mol. The van der Waals surface area contributed by atoms with Crippen LogP contribution in [0, 0.1) is 0 Å². The molecule has 3 heteroatoms. The van der Waals surface area contributed by atoms with Gasteiger partial charge in [0.1, 0.15) is 0 Å². The van der Waals surface area contributed by atoms with Crippen molar-refractivity contribution in [2.75, 3.05) is 20.2 Å². The molecule has 1 heterocycles. The first kappa shape index (κ1) is 18.8. The minimum absolute atomic E-state index is 0.160. The van der Waals surface area contributed by atoms with E-state index in [0.29, 0.717) is 13.2 Å². The number of esters is 1. The molecule has 0 spiro atoms. The summed E-state index contributed by atoms with van der Waals surface area (Å²) >= 11 is 0. The minimum atomic E-state index is -0.160. The number of hydrogen-bond donors (Lipinski definition) is 0. The first-order valence-electron chi connectivity index (χ1n) is 8.98. The Hall–Kier alpha value is -1.25. The zero-order chi connectivity index (χ0) is 16.0. The van der Waals surface area contributed by atoms with Crippen molar-refractivity contribution >= 4 is 5.97 Å². The summed E-state index contributed by atoms with van der Waals surface area (Å²) in [6, 6.07) is 0. The van der Waals surface area contributed by atoms with Gasteiger partial charge in [0.05, 0.1) is 12.2 Å². The van der Waals surface area contributed by atoms with Crippen LogP contribution in [-0.2, 0) is 9.53 Å². The van der Waals surface area contributed by atoms with Gasteiger partial charge < -0.3 is 9.64 Å². The number of hydrogen-bond acceptors (Lipinski definition) is 3. The second-order valence-corrected chi connectivity index (χ2v) is 6.27. The van der Waals surface area contributed by atoms with Crippen molar-refractivity contribution in [3.63, 3.8) is 0 Å². The fourth-order valence-corrected chi connectivity index (χ4v) is 2.66. The van der Waals surface area contributed by atoms with E-state index in [0.717, 1.165) is 12.0 Å². The highest BCUT2D eigenvalue weighted by Gasteiger charge is 2.13. The van der Waals surface area contributed by atoms with Crippen molar-refractivity contribution in [1.82, 2.24) is 4.90 Å². The lowest BCUT2D eigenvalue weighted by Gasteiger charge is -2.18. The Labute approximate surface area is 136 Å². The van der Waals surface area contributed by atoms with Gasteiger partial charge in [-0.3, -0.25) is 0 Å². The fraction of sp³-hybridized carbons (Fsp3) is 0.737. The van der Waals surface area contributed by atoms with Gasteiger partial charge >= 0.3 is 5.97 Å². The largest absolute Gasteiger partial charge is 0.462 e. The summed E-state index contributed by atoms with van der Waals surface area (Å²) in [6.07, 6.45) is 18.7. The number of likely N-dealkylation sites (N-methyl/N-ethyl adjacent to an activating group) is 1. The van der Waals surface area contributed by atoms with Crippen LogP contribution in [0.25, 0.3) is 0 Å². The Morgan fingerprint density at radius 2 is 1.64 bits per heavy atom. The van der Waals surface area contributed by atoms with Gasteiger partial charge in [-0.1, -0.05) is 64.7 Å². The average Bonchev–Trinajstić information content (AvgIpc) is 2.52. The number of unbranched alkanes of at least 4 members (excludes halogenated alkanes) is 9. The molecule has 0 aromatic carbocycles. The van der Waals surface area contributed by atoms with Crippen molar-refractivity contribution in [3.8, 4) is 0 Å². The van der Waals surface area contributed by atoms with E-state index in [-0.39, 0.29) is 5.97 Å². The van der Waals surface area contributed by atoms with Gasteiger partial charge in [-0.15, -0.1) is 0 Å². The molecule has 0 saturated carbocycles. The van der Waals surface area contributed by atoms with E-state index in [1.807, 2.05) is 30.3 Å². The molecule has 0 aliphatic carbocycles. The molecule has 0 fully saturated rings. The van der Waals surface area contributed by atoms with Crippen LogP contribution in [0.15, 0.2) is 23.9 Å². The van der Waals surface area contributed by atoms with E-state index in [9.17, 15) is 4.79 Å². The van der Waals surface area contributed by atoms with Crippen LogP contribution in [0.5, 0.6) is 0 Å². The Balaban J connectivity index is 1.90. The highest BCUT2D eigenvalue weighted by Crippen LogP contribution is 2.11. The van der Waals surface area contributed by atoms with Gasteiger partial charge in [0.2, 0.25) is 0 Å². The molecule has 1 rings (SSSR count). The molecule has 0 bridgehead atoms. The van der Waals surface area contributed by atoms with Gasteiger partial charge in [0, 0.05) is 13.6 Å². The first-order chi connectivity index (χ1) is 10.7. The number of allylic oxidation sites excluding steroid dienone is 2. The monoisotopic (exact) mass is 307 g/mol. The normalized spacial score (nSPS) is 14.1. The van der Waals surface area contributed by atoms with Crippen LogP contribution in [0.2, 0.25) is 0 Å². The molecule has 0 radical (unpaired) electrons. The molecule has 22 heavy (non-hydrogen) atoms. The molecular weight excluding hydrogens is 274 g/mol. The van der Waals surface area contributed by atoms with Crippen LogP contribution >= 0.6 is 0 Å². The predicted octanol–water partition coefficient (Wildman–Crippen LogP) is 4.84. The number of carbonyl (C=O) groups is 1. The number of rotatable bonds is 12. The van der Waals surface area contributed by atoms with E-state index in [1.165, 1.54) is 57.8 Å². The standard InChI is InChI=1S/C19H33NO2/c1-3-4-5-6-7-8-9-10-11-12-16-22-19(21)18-14-13-15-20(2)17-18/h13-15H,3-12,16-17H2,1-2H3. The van der Waals surface area contributed by atoms with Crippen LogP contribution in [0.4, 0.5) is 0 Å². The fourth-order valence-electron chi connectivity index (χ4n) is 2.66. The molecule has 0 atom stereocenters. The zero-order valence-corrected chi connectivity index (χ0v) is 14.5. The Kier molecular flexibility index (Phi) is 10.5. The molecule has 1 aliphatic heterocycles. The molecule has 0 saturated heterocycles. The third-order valence-electron chi connectivity index (χ3n) is 4.05. The van der Waals surface area contributed by atoms with E-state index >= 15 is 0 Å². The summed E-state index contributed by atoms with van der Waals surface area (Å²) in [5, 5.41) is 0. The summed E-state index contributed by atoms with van der Waals surface area (Å²) in [6.45, 7) is 3.46. The number of ether oxygens (including phenoxy) is 1. The Bertz CT molecular complexity index is 360. The summed E-state index contributed by atoms with van der Waals surface area (Å²) < 4.78 is 5.33. The quantitative estimate of drug-likeness (QED) is 0.382. The maximum atomic E-state index is 11.9. The van der Waals surface area contributed by atoms with E-state index in [2.05, 4.69) is 6.92 Å². The zero-order valence-electron chi connectivity index (χ0n) is 14.5. The smallest absolute Gasteiger partial charge is 0.335 e. The van der Waals surface area contributed by atoms with Gasteiger partial charge in [-0.25, -0.2) is 4.79 Å². The molecular formula is C19H33NO2. The Morgan fingerprint density at radius 1 is 1.05 bits per heavy atom. The van der Waals surface area contributed by atoms with Crippen molar-refractivity contribution in [2.24, 2.45) is 0 Å². The molecule has 1 aliphatic rings. The summed E-state index contributed by atoms with van der Waals surface area (Å²) in [7, 11) is 1.96. The lowest BCUT2D eigenvalue weighted by Crippen LogP contribution is -2.23. The molecule has 0 aromatic heterocycles. The maximum absolute atomic E-state index is 11.9. The topological polar surface area (TPSA) is 29.5 Å². The lowest BCUT2D eigenvalue weighted by molar-refractivity contribution is -0.139. The van der Waals surface area contributed by atoms with Gasteiger partial charge in [-0.05, 0) is 24.8 Å². The van der Waals surface area contributed by atoms with E-state index in [4.69, 9.17) is 4.74 Å². The highest BCUT2D eigenvalue weighted by molar-refractivity contribution is 5.89. The summed E-state index contributed by atoms with van der Waals surface area (Å²) in [5.41, 5.74) is 0.747. The average molecular weight is 307 g/mol. The number of carbonyl (C=O) groups excluding carboxylic acids is 1. The Morgan fingerprint density at radius 3 is 2.23 bits per heavy atom. The molecule has 126 valence electrons. The van der Waals surface area contributed by atoms with Crippen LogP contribution in [-0.4, -0.2) is 31.1 Å². The maximum Gasteiger partial charge on any atom is 0.335 e. The van der Waals surface area contributed by atoms with E-state index < -0.39 is 0 Å². The van der Waals surface area contributed by atoms with Crippen molar-refractivity contribution in [2.45, 2.75) is 71.1 Å². The van der Waals surface area contributed by atoms with Crippen LogP contribution < -0.4 is 0 Å². The molecule has 0 N–H and O–H groups in total. The summed E-state index contributed by atoms with van der Waals surface area (Å²) in [4.78, 5) is 13.8. The number of nitrogens with zero attached hydrogens (tertiary/aromatic N) is 1. The van der Waals surface area contributed by atoms with Crippen molar-refractivity contribution in [3.05, 3.63) is 23.9 Å². The van der Waals surface area contributed by atoms with Crippen LogP contribution in [0.3, 0.4) is 0 Å². The third kappa shape index (κ3) is 8.91. The molecule has 0 unspecified atom stereocenters. The highest BCUT2D eigenvalue weighted by atomic mass is 16.5. The van der Waals surface area contributed by atoms with Gasteiger partial charge in [0.15, 0.2) is 0 Å². The minimum Gasteiger partial charge on any atom is -0.462 e.